The normalized spacial score (nSPS) is 14.7. The Labute approximate surface area is 90.0 Å². The molecule has 78 valence electrons. The third-order valence-electron chi connectivity index (χ3n) is 2.49. The van der Waals surface area contributed by atoms with Crippen LogP contribution in [-0.2, 0) is 11.2 Å². The SMILES string of the molecule is C=Cc1cccc(CC(=O)NC2CC2)c1. The minimum Gasteiger partial charge on any atom is -0.353 e. The van der Waals surface area contributed by atoms with Crippen molar-refractivity contribution in [1.29, 1.82) is 0 Å². The van der Waals surface area contributed by atoms with Crippen molar-refractivity contribution < 1.29 is 4.79 Å². The summed E-state index contributed by atoms with van der Waals surface area (Å²) in [5.41, 5.74) is 2.11. The molecule has 0 radical (unpaired) electrons. The highest BCUT2D eigenvalue weighted by Gasteiger charge is 2.22. The summed E-state index contributed by atoms with van der Waals surface area (Å²) >= 11 is 0. The number of carbonyl (C=O) groups is 1. The van der Waals surface area contributed by atoms with E-state index in [0.717, 1.165) is 24.0 Å². The van der Waals surface area contributed by atoms with Crippen LogP contribution in [0.3, 0.4) is 0 Å². The molecular formula is C13H15NO. The molecule has 1 aromatic carbocycles. The van der Waals surface area contributed by atoms with E-state index in [-0.39, 0.29) is 5.91 Å². The highest BCUT2D eigenvalue weighted by Crippen LogP contribution is 2.18. The van der Waals surface area contributed by atoms with E-state index in [1.54, 1.807) is 6.08 Å². The fourth-order valence-electron chi connectivity index (χ4n) is 1.52. The monoisotopic (exact) mass is 201 g/mol. The highest BCUT2D eigenvalue weighted by atomic mass is 16.1. The lowest BCUT2D eigenvalue weighted by Crippen LogP contribution is -2.26. The summed E-state index contributed by atoms with van der Waals surface area (Å²) < 4.78 is 0. The zero-order valence-electron chi connectivity index (χ0n) is 8.70. The molecule has 2 nitrogen and oxygen atoms in total. The molecule has 1 amide bonds. The first-order valence-electron chi connectivity index (χ1n) is 5.28. The van der Waals surface area contributed by atoms with Gasteiger partial charge in [0.25, 0.3) is 0 Å². The van der Waals surface area contributed by atoms with Crippen molar-refractivity contribution in [1.82, 2.24) is 5.32 Å². The Morgan fingerprint density at radius 1 is 1.53 bits per heavy atom. The van der Waals surface area contributed by atoms with E-state index in [1.807, 2.05) is 24.3 Å². The number of benzene rings is 1. The quantitative estimate of drug-likeness (QED) is 0.794. The van der Waals surface area contributed by atoms with Crippen LogP contribution in [0, 0.1) is 0 Å². The second-order valence-corrected chi connectivity index (χ2v) is 3.97. The van der Waals surface area contributed by atoms with E-state index in [4.69, 9.17) is 0 Å². The lowest BCUT2D eigenvalue weighted by molar-refractivity contribution is -0.120. The average Bonchev–Trinajstić information content (AvgIpc) is 3.02. The molecule has 0 aliphatic heterocycles. The van der Waals surface area contributed by atoms with Crippen molar-refractivity contribution in [3.63, 3.8) is 0 Å². The van der Waals surface area contributed by atoms with Crippen LogP contribution in [0.2, 0.25) is 0 Å². The summed E-state index contributed by atoms with van der Waals surface area (Å²) in [7, 11) is 0. The van der Waals surface area contributed by atoms with Gasteiger partial charge in [-0.15, -0.1) is 0 Å². The maximum atomic E-state index is 11.5. The fraction of sp³-hybridized carbons (Fsp3) is 0.308. The Morgan fingerprint density at radius 2 is 2.33 bits per heavy atom. The maximum absolute atomic E-state index is 11.5. The van der Waals surface area contributed by atoms with Crippen LogP contribution >= 0.6 is 0 Å². The second kappa shape index (κ2) is 4.30. The zero-order chi connectivity index (χ0) is 10.7. The Hall–Kier alpha value is -1.57. The molecule has 1 N–H and O–H groups in total. The molecule has 0 atom stereocenters. The van der Waals surface area contributed by atoms with E-state index in [9.17, 15) is 4.79 Å². The summed E-state index contributed by atoms with van der Waals surface area (Å²) in [6.45, 7) is 3.71. The van der Waals surface area contributed by atoms with Gasteiger partial charge >= 0.3 is 0 Å². The number of carbonyl (C=O) groups excluding carboxylic acids is 1. The highest BCUT2D eigenvalue weighted by molar-refractivity contribution is 5.79. The Bertz CT molecular complexity index is 380. The van der Waals surface area contributed by atoms with Crippen LogP contribution in [0.4, 0.5) is 0 Å². The van der Waals surface area contributed by atoms with E-state index < -0.39 is 0 Å². The molecule has 1 aliphatic carbocycles. The molecule has 2 heteroatoms. The first-order chi connectivity index (χ1) is 7.28. The number of hydrogen-bond acceptors (Lipinski definition) is 1. The number of hydrogen-bond donors (Lipinski definition) is 1. The molecule has 0 heterocycles. The van der Waals surface area contributed by atoms with Crippen molar-refractivity contribution >= 4 is 12.0 Å². The Morgan fingerprint density at radius 3 is 3.00 bits per heavy atom. The molecule has 0 bridgehead atoms. The third-order valence-corrected chi connectivity index (χ3v) is 2.49. The molecule has 0 spiro atoms. The zero-order valence-corrected chi connectivity index (χ0v) is 8.70. The van der Waals surface area contributed by atoms with Crippen LogP contribution in [0.5, 0.6) is 0 Å². The standard InChI is InChI=1S/C13H15NO/c1-2-10-4-3-5-11(8-10)9-13(15)14-12-6-7-12/h2-5,8,12H,1,6-7,9H2,(H,14,15). The molecule has 1 fully saturated rings. The van der Waals surface area contributed by atoms with Crippen molar-refractivity contribution in [3.05, 3.63) is 42.0 Å². The molecular weight excluding hydrogens is 186 g/mol. The van der Waals surface area contributed by atoms with Gasteiger partial charge in [0.1, 0.15) is 0 Å². The Balaban J connectivity index is 1.96. The summed E-state index contributed by atoms with van der Waals surface area (Å²) in [4.78, 5) is 11.5. The van der Waals surface area contributed by atoms with Gasteiger partial charge in [0.05, 0.1) is 6.42 Å². The maximum Gasteiger partial charge on any atom is 0.224 e. The molecule has 0 unspecified atom stereocenters. The van der Waals surface area contributed by atoms with Gasteiger partial charge in [0.2, 0.25) is 5.91 Å². The first kappa shape index (κ1) is 9.97. The smallest absolute Gasteiger partial charge is 0.224 e. The fourth-order valence-corrected chi connectivity index (χ4v) is 1.52. The molecule has 0 saturated heterocycles. The predicted molar refractivity (Wildman–Crippen MR) is 61.4 cm³/mol. The van der Waals surface area contributed by atoms with Gasteiger partial charge < -0.3 is 5.32 Å². The topological polar surface area (TPSA) is 29.1 Å². The van der Waals surface area contributed by atoms with Crippen LogP contribution in [0.15, 0.2) is 30.8 Å². The van der Waals surface area contributed by atoms with Crippen LogP contribution in [0.25, 0.3) is 6.08 Å². The Kier molecular flexibility index (Phi) is 2.86. The number of amides is 1. The van der Waals surface area contributed by atoms with Crippen molar-refractivity contribution in [2.24, 2.45) is 0 Å². The minimum absolute atomic E-state index is 0.124. The van der Waals surface area contributed by atoms with Crippen molar-refractivity contribution in [2.75, 3.05) is 0 Å². The molecule has 1 saturated carbocycles. The van der Waals surface area contributed by atoms with Crippen LogP contribution < -0.4 is 5.32 Å². The second-order valence-electron chi connectivity index (χ2n) is 3.97. The average molecular weight is 201 g/mol. The van der Waals surface area contributed by atoms with Gasteiger partial charge in [-0.1, -0.05) is 36.9 Å². The summed E-state index contributed by atoms with van der Waals surface area (Å²) in [6, 6.07) is 8.35. The van der Waals surface area contributed by atoms with Gasteiger partial charge in [-0.05, 0) is 24.0 Å². The minimum atomic E-state index is 0.124. The van der Waals surface area contributed by atoms with Gasteiger partial charge in [0, 0.05) is 6.04 Å². The largest absolute Gasteiger partial charge is 0.353 e. The van der Waals surface area contributed by atoms with Crippen molar-refractivity contribution in [3.8, 4) is 0 Å². The van der Waals surface area contributed by atoms with Gasteiger partial charge in [-0.3, -0.25) is 4.79 Å². The summed E-state index contributed by atoms with van der Waals surface area (Å²) in [5, 5.41) is 2.98. The molecule has 2 rings (SSSR count). The van der Waals surface area contributed by atoms with Gasteiger partial charge in [-0.2, -0.15) is 0 Å². The van der Waals surface area contributed by atoms with E-state index in [0.29, 0.717) is 12.5 Å². The lowest BCUT2D eigenvalue weighted by Gasteiger charge is -2.04. The first-order valence-corrected chi connectivity index (χ1v) is 5.28. The van der Waals surface area contributed by atoms with E-state index in [2.05, 4.69) is 11.9 Å². The van der Waals surface area contributed by atoms with Crippen molar-refractivity contribution in [2.45, 2.75) is 25.3 Å². The van der Waals surface area contributed by atoms with E-state index in [1.165, 1.54) is 0 Å². The molecule has 1 aliphatic rings. The summed E-state index contributed by atoms with van der Waals surface area (Å²) in [6.07, 6.45) is 4.54. The number of nitrogens with one attached hydrogen (secondary N) is 1. The van der Waals surface area contributed by atoms with Crippen LogP contribution in [-0.4, -0.2) is 11.9 Å². The van der Waals surface area contributed by atoms with E-state index >= 15 is 0 Å². The van der Waals surface area contributed by atoms with Gasteiger partial charge in [-0.25, -0.2) is 0 Å². The third kappa shape index (κ3) is 2.94. The molecule has 1 aromatic rings. The van der Waals surface area contributed by atoms with Gasteiger partial charge in [0.15, 0.2) is 0 Å². The number of rotatable bonds is 4. The molecule has 15 heavy (non-hydrogen) atoms. The van der Waals surface area contributed by atoms with Crippen LogP contribution in [0.1, 0.15) is 24.0 Å². The molecule has 0 aromatic heterocycles. The summed E-state index contributed by atoms with van der Waals surface area (Å²) in [5.74, 6) is 0.124. The predicted octanol–water partition coefficient (Wildman–Crippen LogP) is 2.15. The lowest BCUT2D eigenvalue weighted by atomic mass is 10.1.